The van der Waals surface area contributed by atoms with Crippen LogP contribution in [0.4, 0.5) is 10.1 Å². The van der Waals surface area contributed by atoms with E-state index < -0.39 is 5.82 Å². The Kier molecular flexibility index (Phi) is 2.98. The van der Waals surface area contributed by atoms with Crippen LogP contribution in [0.25, 0.3) is 0 Å². The maximum atomic E-state index is 13.2. The Balaban J connectivity index is 2.47. The number of hydrogen-bond donors (Lipinski definition) is 1. The third-order valence-electron chi connectivity index (χ3n) is 2.47. The first-order chi connectivity index (χ1) is 7.97. The van der Waals surface area contributed by atoms with Crippen LogP contribution in [0.5, 0.6) is 0 Å². The van der Waals surface area contributed by atoms with Crippen molar-refractivity contribution < 1.29 is 9.18 Å². The van der Waals surface area contributed by atoms with Gasteiger partial charge in [-0.3, -0.25) is 4.79 Å². The summed E-state index contributed by atoms with van der Waals surface area (Å²) in [6.45, 7) is 3.82. The Morgan fingerprint density at radius 3 is 2.47 bits per heavy atom. The zero-order valence-electron chi connectivity index (χ0n) is 9.58. The third-order valence-corrected chi connectivity index (χ3v) is 3.43. The summed E-state index contributed by atoms with van der Waals surface area (Å²) in [5.74, 6) is -0.670. The van der Waals surface area contributed by atoms with Crippen LogP contribution in [0.15, 0.2) is 24.3 Å². The molecule has 0 saturated heterocycles. The van der Waals surface area contributed by atoms with Gasteiger partial charge in [-0.05, 0) is 38.1 Å². The van der Waals surface area contributed by atoms with Crippen LogP contribution in [0.3, 0.4) is 0 Å². The second kappa shape index (κ2) is 4.30. The molecule has 0 spiro atoms. The van der Waals surface area contributed by atoms with E-state index in [0.29, 0.717) is 11.1 Å². The highest BCUT2D eigenvalue weighted by Crippen LogP contribution is 2.24. The fourth-order valence-corrected chi connectivity index (χ4v) is 2.68. The van der Waals surface area contributed by atoms with Crippen LogP contribution in [-0.2, 0) is 0 Å². The van der Waals surface area contributed by atoms with Crippen molar-refractivity contribution in [3.05, 3.63) is 51.0 Å². The average molecular weight is 249 g/mol. The Bertz CT molecular complexity index is 569. The minimum absolute atomic E-state index is 0.182. The van der Waals surface area contributed by atoms with E-state index in [-0.39, 0.29) is 11.5 Å². The van der Waals surface area contributed by atoms with E-state index in [4.69, 9.17) is 5.73 Å². The fourth-order valence-electron chi connectivity index (χ4n) is 1.76. The van der Waals surface area contributed by atoms with Gasteiger partial charge in [0, 0.05) is 26.6 Å². The van der Waals surface area contributed by atoms with Crippen molar-refractivity contribution in [1.29, 1.82) is 0 Å². The largest absolute Gasteiger partial charge is 0.399 e. The number of aryl methyl sites for hydroxylation is 2. The number of ketones is 1. The van der Waals surface area contributed by atoms with E-state index in [9.17, 15) is 9.18 Å². The van der Waals surface area contributed by atoms with Crippen LogP contribution >= 0.6 is 11.3 Å². The van der Waals surface area contributed by atoms with Crippen molar-refractivity contribution in [3.63, 3.8) is 0 Å². The molecule has 4 heteroatoms. The maximum Gasteiger partial charge on any atom is 0.194 e. The number of carbonyl (C=O) groups is 1. The summed E-state index contributed by atoms with van der Waals surface area (Å²) in [7, 11) is 0. The second-order valence-electron chi connectivity index (χ2n) is 3.93. The standard InChI is InChI=1S/C13H12FNOS/c1-7-3-12(8(2)17-7)13(16)9-4-10(14)6-11(15)5-9/h3-6H,15H2,1-2H3. The van der Waals surface area contributed by atoms with E-state index in [0.717, 1.165) is 9.75 Å². The molecule has 17 heavy (non-hydrogen) atoms. The summed E-state index contributed by atoms with van der Waals surface area (Å²) in [6.07, 6.45) is 0. The molecule has 0 unspecified atom stereocenters. The maximum absolute atomic E-state index is 13.2. The normalized spacial score (nSPS) is 10.5. The summed E-state index contributed by atoms with van der Waals surface area (Å²) in [6, 6.07) is 5.73. The molecule has 0 radical (unpaired) electrons. The predicted octanol–water partition coefficient (Wildman–Crippen LogP) is 3.32. The quantitative estimate of drug-likeness (QED) is 0.655. The van der Waals surface area contributed by atoms with Crippen molar-refractivity contribution in [1.82, 2.24) is 0 Å². The van der Waals surface area contributed by atoms with E-state index in [1.54, 1.807) is 11.3 Å². The summed E-state index contributed by atoms with van der Waals surface area (Å²) in [4.78, 5) is 14.2. The summed E-state index contributed by atoms with van der Waals surface area (Å²) in [5.41, 5.74) is 6.71. The first-order valence-corrected chi connectivity index (χ1v) is 5.97. The Morgan fingerprint density at radius 1 is 1.24 bits per heavy atom. The van der Waals surface area contributed by atoms with Crippen molar-refractivity contribution in [2.45, 2.75) is 13.8 Å². The van der Waals surface area contributed by atoms with Gasteiger partial charge in [-0.25, -0.2) is 4.39 Å². The van der Waals surface area contributed by atoms with Gasteiger partial charge in [0.1, 0.15) is 5.82 Å². The lowest BCUT2D eigenvalue weighted by molar-refractivity contribution is 0.103. The van der Waals surface area contributed by atoms with Gasteiger partial charge in [0.2, 0.25) is 0 Å². The van der Waals surface area contributed by atoms with Crippen LogP contribution in [0.1, 0.15) is 25.7 Å². The molecule has 2 N–H and O–H groups in total. The molecule has 88 valence electrons. The molecule has 2 rings (SSSR count). The number of hydrogen-bond acceptors (Lipinski definition) is 3. The monoisotopic (exact) mass is 249 g/mol. The van der Waals surface area contributed by atoms with E-state index in [1.807, 2.05) is 19.9 Å². The SMILES string of the molecule is Cc1cc(C(=O)c2cc(N)cc(F)c2)c(C)s1. The molecule has 0 aliphatic carbocycles. The minimum Gasteiger partial charge on any atom is -0.399 e. The first-order valence-electron chi connectivity index (χ1n) is 5.15. The van der Waals surface area contributed by atoms with Crippen LogP contribution < -0.4 is 5.73 Å². The number of halogens is 1. The lowest BCUT2D eigenvalue weighted by atomic mass is 10.0. The zero-order valence-corrected chi connectivity index (χ0v) is 10.4. The highest BCUT2D eigenvalue weighted by atomic mass is 32.1. The lowest BCUT2D eigenvalue weighted by Crippen LogP contribution is -2.03. The van der Waals surface area contributed by atoms with Crippen LogP contribution in [0.2, 0.25) is 0 Å². The number of rotatable bonds is 2. The predicted molar refractivity (Wildman–Crippen MR) is 68.0 cm³/mol. The molecule has 2 nitrogen and oxygen atoms in total. The van der Waals surface area contributed by atoms with Gasteiger partial charge in [0.15, 0.2) is 5.78 Å². The molecule has 2 aromatic rings. The van der Waals surface area contributed by atoms with Gasteiger partial charge in [-0.2, -0.15) is 0 Å². The Labute approximate surface area is 103 Å². The van der Waals surface area contributed by atoms with Crippen molar-refractivity contribution >= 4 is 22.8 Å². The van der Waals surface area contributed by atoms with Gasteiger partial charge in [0.05, 0.1) is 0 Å². The Morgan fingerprint density at radius 2 is 1.94 bits per heavy atom. The first kappa shape index (κ1) is 11.8. The summed E-state index contributed by atoms with van der Waals surface area (Å²) in [5, 5.41) is 0. The number of carbonyl (C=O) groups excluding carboxylic acids is 1. The number of thiophene rings is 1. The Hall–Kier alpha value is -1.68. The molecular formula is C13H12FNOS. The number of benzene rings is 1. The topological polar surface area (TPSA) is 43.1 Å². The highest BCUT2D eigenvalue weighted by Gasteiger charge is 2.15. The van der Waals surface area contributed by atoms with Gasteiger partial charge >= 0.3 is 0 Å². The van der Waals surface area contributed by atoms with Crippen molar-refractivity contribution in [3.8, 4) is 0 Å². The molecule has 0 atom stereocenters. The van der Waals surface area contributed by atoms with Crippen molar-refractivity contribution in [2.75, 3.05) is 5.73 Å². The number of nitrogen functional groups attached to an aromatic ring is 1. The van der Waals surface area contributed by atoms with Gasteiger partial charge in [-0.1, -0.05) is 0 Å². The van der Waals surface area contributed by atoms with Crippen LogP contribution in [0, 0.1) is 19.7 Å². The van der Waals surface area contributed by atoms with E-state index in [1.165, 1.54) is 18.2 Å². The highest BCUT2D eigenvalue weighted by molar-refractivity contribution is 7.12. The molecule has 0 amide bonds. The van der Waals surface area contributed by atoms with Crippen molar-refractivity contribution in [2.24, 2.45) is 0 Å². The van der Waals surface area contributed by atoms with Crippen LogP contribution in [-0.4, -0.2) is 5.78 Å². The molecule has 1 heterocycles. The molecule has 0 fully saturated rings. The molecule has 1 aromatic heterocycles. The molecule has 0 bridgehead atoms. The lowest BCUT2D eigenvalue weighted by Gasteiger charge is -2.02. The zero-order chi connectivity index (χ0) is 12.6. The number of nitrogens with two attached hydrogens (primary N) is 1. The second-order valence-corrected chi connectivity index (χ2v) is 5.39. The van der Waals surface area contributed by atoms with E-state index in [2.05, 4.69) is 0 Å². The number of anilines is 1. The molecule has 0 saturated carbocycles. The minimum atomic E-state index is -0.488. The van der Waals surface area contributed by atoms with Gasteiger partial charge in [0.25, 0.3) is 0 Å². The molecule has 1 aromatic carbocycles. The summed E-state index contributed by atoms with van der Waals surface area (Å²) < 4.78 is 13.2. The molecule has 0 aliphatic heterocycles. The fraction of sp³-hybridized carbons (Fsp3) is 0.154. The average Bonchev–Trinajstić information content (AvgIpc) is 2.55. The van der Waals surface area contributed by atoms with E-state index >= 15 is 0 Å². The molecule has 0 aliphatic rings. The smallest absolute Gasteiger partial charge is 0.194 e. The molecular weight excluding hydrogens is 237 g/mol. The summed E-state index contributed by atoms with van der Waals surface area (Å²) >= 11 is 1.55. The van der Waals surface area contributed by atoms with Gasteiger partial charge < -0.3 is 5.73 Å². The van der Waals surface area contributed by atoms with Gasteiger partial charge in [-0.15, -0.1) is 11.3 Å². The third kappa shape index (κ3) is 2.36.